The number of carbonyl (C=O) groups is 2. The number of ether oxygens (including phenoxy) is 2. The van der Waals surface area contributed by atoms with Crippen LogP contribution in [0, 0.1) is 0 Å². The predicted octanol–water partition coefficient (Wildman–Crippen LogP) is 0.116. The van der Waals surface area contributed by atoms with E-state index in [1.165, 1.54) is 20.2 Å². The maximum atomic E-state index is 12.1. The number of anilines is 1. The molecule has 2 N–H and O–H groups in total. The van der Waals surface area contributed by atoms with Crippen LogP contribution in [0.5, 0.6) is 5.75 Å². The quantitative estimate of drug-likeness (QED) is 0.716. The topological polar surface area (TPSA) is 119 Å². The van der Waals surface area contributed by atoms with E-state index in [0.29, 0.717) is 11.4 Å². The number of rotatable bonds is 6. The van der Waals surface area contributed by atoms with Gasteiger partial charge in [-0.05, 0) is 19.1 Å². The number of nitrogens with zero attached hydrogens (tertiary/aromatic N) is 1. The lowest BCUT2D eigenvalue weighted by Gasteiger charge is -2.15. The molecule has 0 spiro atoms. The van der Waals surface area contributed by atoms with Crippen LogP contribution in [-0.2, 0) is 20.9 Å². The summed E-state index contributed by atoms with van der Waals surface area (Å²) in [5, 5.41) is 2.59. The molecular formula is C16H17N3O6. The lowest BCUT2D eigenvalue weighted by molar-refractivity contribution is -0.153. The van der Waals surface area contributed by atoms with Crippen LogP contribution >= 0.6 is 0 Å². The molecule has 0 saturated carbocycles. The lowest BCUT2D eigenvalue weighted by atomic mass is 10.2. The smallest absolute Gasteiger partial charge is 0.328 e. The van der Waals surface area contributed by atoms with Crippen molar-refractivity contribution in [3.63, 3.8) is 0 Å². The Bertz CT molecular complexity index is 886. The first-order valence-electron chi connectivity index (χ1n) is 7.34. The highest BCUT2D eigenvalue weighted by molar-refractivity contribution is 5.96. The maximum absolute atomic E-state index is 12.1. The molecule has 0 saturated heterocycles. The molecular weight excluding hydrogens is 330 g/mol. The van der Waals surface area contributed by atoms with E-state index in [0.717, 1.165) is 10.6 Å². The van der Waals surface area contributed by atoms with E-state index < -0.39 is 35.8 Å². The molecule has 1 heterocycles. The predicted molar refractivity (Wildman–Crippen MR) is 88.5 cm³/mol. The maximum Gasteiger partial charge on any atom is 0.328 e. The number of esters is 1. The Balaban J connectivity index is 1.97. The van der Waals surface area contributed by atoms with Gasteiger partial charge in [0.15, 0.2) is 6.10 Å². The largest absolute Gasteiger partial charge is 0.495 e. The van der Waals surface area contributed by atoms with Crippen molar-refractivity contribution in [2.24, 2.45) is 0 Å². The van der Waals surface area contributed by atoms with Gasteiger partial charge in [0.05, 0.1) is 12.8 Å². The summed E-state index contributed by atoms with van der Waals surface area (Å²) < 4.78 is 11.1. The highest BCUT2D eigenvalue weighted by Crippen LogP contribution is 2.23. The number of hydrogen-bond acceptors (Lipinski definition) is 6. The summed E-state index contributed by atoms with van der Waals surface area (Å²) in [6.45, 7) is 0.972. The second-order valence-electron chi connectivity index (χ2n) is 5.06. The first-order chi connectivity index (χ1) is 11.9. The van der Waals surface area contributed by atoms with E-state index in [2.05, 4.69) is 5.32 Å². The number of nitrogens with one attached hydrogen (secondary N) is 2. The van der Waals surface area contributed by atoms with E-state index in [1.54, 1.807) is 24.3 Å². The Kier molecular flexibility index (Phi) is 5.72. The number of benzene rings is 1. The van der Waals surface area contributed by atoms with Crippen molar-refractivity contribution < 1.29 is 19.1 Å². The van der Waals surface area contributed by atoms with E-state index in [1.807, 2.05) is 4.98 Å². The Morgan fingerprint density at radius 2 is 1.96 bits per heavy atom. The van der Waals surface area contributed by atoms with Gasteiger partial charge in [-0.3, -0.25) is 23.9 Å². The zero-order chi connectivity index (χ0) is 18.4. The van der Waals surface area contributed by atoms with Crippen molar-refractivity contribution in [1.29, 1.82) is 0 Å². The average molecular weight is 347 g/mol. The number of methoxy groups -OCH3 is 1. The SMILES string of the molecule is COc1ccccc1NC(=O)[C@@H](C)OC(=O)Cn1ccc(=O)[nH]c1=O. The molecule has 132 valence electrons. The van der Waals surface area contributed by atoms with Gasteiger partial charge >= 0.3 is 11.7 Å². The fourth-order valence-corrected chi connectivity index (χ4v) is 1.98. The summed E-state index contributed by atoms with van der Waals surface area (Å²) in [4.78, 5) is 48.5. The van der Waals surface area contributed by atoms with Gasteiger partial charge in [0.25, 0.3) is 11.5 Å². The number of hydrogen-bond donors (Lipinski definition) is 2. The minimum atomic E-state index is -1.09. The zero-order valence-corrected chi connectivity index (χ0v) is 13.6. The number of H-pyrrole nitrogens is 1. The van der Waals surface area contributed by atoms with Gasteiger partial charge in [-0.15, -0.1) is 0 Å². The molecule has 0 aliphatic rings. The summed E-state index contributed by atoms with van der Waals surface area (Å²) in [5.41, 5.74) is -0.871. The van der Waals surface area contributed by atoms with Gasteiger partial charge in [-0.25, -0.2) is 4.79 Å². The Morgan fingerprint density at radius 3 is 2.64 bits per heavy atom. The number of aromatic nitrogens is 2. The Labute approximate surface area is 142 Å². The van der Waals surface area contributed by atoms with Crippen LogP contribution in [0.2, 0.25) is 0 Å². The van der Waals surface area contributed by atoms with Crippen molar-refractivity contribution in [3.8, 4) is 5.75 Å². The second-order valence-corrected chi connectivity index (χ2v) is 5.06. The number of aromatic amines is 1. The summed E-state index contributed by atoms with van der Waals surface area (Å²) in [6.07, 6.45) is 0.0815. The van der Waals surface area contributed by atoms with Gasteiger partial charge < -0.3 is 14.8 Å². The van der Waals surface area contributed by atoms with Gasteiger partial charge in [0.1, 0.15) is 12.3 Å². The summed E-state index contributed by atoms with van der Waals surface area (Å²) in [5.74, 6) is -0.877. The molecule has 25 heavy (non-hydrogen) atoms. The summed E-state index contributed by atoms with van der Waals surface area (Å²) in [6, 6.07) is 7.89. The van der Waals surface area contributed by atoms with Gasteiger partial charge in [-0.2, -0.15) is 0 Å². The standard InChI is InChI=1S/C16H17N3O6/c1-10(15(22)17-11-5-3-4-6-12(11)24-2)25-14(21)9-19-8-7-13(20)18-16(19)23/h3-8,10H,9H2,1-2H3,(H,17,22)(H,18,20,23)/t10-/m1/s1. The van der Waals surface area contributed by atoms with Crippen LogP contribution in [0.4, 0.5) is 5.69 Å². The fourth-order valence-electron chi connectivity index (χ4n) is 1.98. The molecule has 0 aliphatic heterocycles. The number of carbonyl (C=O) groups excluding carboxylic acids is 2. The molecule has 1 aromatic heterocycles. The van der Waals surface area contributed by atoms with Crippen LogP contribution in [0.15, 0.2) is 46.1 Å². The first-order valence-corrected chi connectivity index (χ1v) is 7.34. The fraction of sp³-hybridized carbons (Fsp3) is 0.250. The van der Waals surface area contributed by atoms with Crippen LogP contribution < -0.4 is 21.3 Å². The van der Waals surface area contributed by atoms with Gasteiger partial charge in [0.2, 0.25) is 0 Å². The van der Waals surface area contributed by atoms with E-state index in [-0.39, 0.29) is 0 Å². The minimum Gasteiger partial charge on any atom is -0.495 e. The Morgan fingerprint density at radius 1 is 1.24 bits per heavy atom. The third-order valence-electron chi connectivity index (χ3n) is 3.24. The molecule has 2 rings (SSSR count). The molecule has 0 radical (unpaired) electrons. The highest BCUT2D eigenvalue weighted by Gasteiger charge is 2.19. The number of amides is 1. The van der Waals surface area contributed by atoms with Crippen molar-refractivity contribution >= 4 is 17.6 Å². The zero-order valence-electron chi connectivity index (χ0n) is 13.6. The normalized spacial score (nSPS) is 11.4. The molecule has 0 fully saturated rings. The van der Waals surface area contributed by atoms with E-state index in [4.69, 9.17) is 9.47 Å². The van der Waals surface area contributed by atoms with Crippen molar-refractivity contribution in [2.45, 2.75) is 19.6 Å². The number of para-hydroxylation sites is 2. The molecule has 9 nitrogen and oxygen atoms in total. The van der Waals surface area contributed by atoms with Crippen molar-refractivity contribution in [1.82, 2.24) is 9.55 Å². The molecule has 1 aromatic carbocycles. The second kappa shape index (κ2) is 7.95. The monoisotopic (exact) mass is 347 g/mol. The Hall–Kier alpha value is -3.36. The average Bonchev–Trinajstić information content (AvgIpc) is 2.57. The molecule has 0 bridgehead atoms. The van der Waals surface area contributed by atoms with E-state index in [9.17, 15) is 19.2 Å². The van der Waals surface area contributed by atoms with Crippen LogP contribution in [-0.4, -0.2) is 34.6 Å². The summed E-state index contributed by atoms with van der Waals surface area (Å²) >= 11 is 0. The minimum absolute atomic E-state index is 0.429. The third kappa shape index (κ3) is 4.80. The molecule has 0 unspecified atom stereocenters. The van der Waals surface area contributed by atoms with Crippen LogP contribution in [0.3, 0.4) is 0 Å². The highest BCUT2D eigenvalue weighted by atomic mass is 16.5. The third-order valence-corrected chi connectivity index (χ3v) is 3.24. The molecule has 0 aliphatic carbocycles. The van der Waals surface area contributed by atoms with Gasteiger partial charge in [-0.1, -0.05) is 12.1 Å². The molecule has 1 amide bonds. The van der Waals surface area contributed by atoms with Crippen LogP contribution in [0.25, 0.3) is 0 Å². The van der Waals surface area contributed by atoms with Crippen molar-refractivity contribution in [2.75, 3.05) is 12.4 Å². The van der Waals surface area contributed by atoms with Gasteiger partial charge in [0, 0.05) is 12.3 Å². The summed E-state index contributed by atoms with van der Waals surface area (Å²) in [7, 11) is 1.47. The van der Waals surface area contributed by atoms with E-state index >= 15 is 0 Å². The lowest BCUT2D eigenvalue weighted by Crippen LogP contribution is -2.35. The van der Waals surface area contributed by atoms with Crippen LogP contribution in [0.1, 0.15) is 6.92 Å². The van der Waals surface area contributed by atoms with Crippen molar-refractivity contribution in [3.05, 3.63) is 57.4 Å². The first kappa shape index (κ1) is 18.0. The molecule has 2 aromatic rings. The molecule has 1 atom stereocenters. The molecule has 9 heteroatoms.